The molecule has 0 radical (unpaired) electrons. The van der Waals surface area contributed by atoms with E-state index in [0.29, 0.717) is 5.02 Å². The average Bonchev–Trinajstić information content (AvgIpc) is 2.66. The van der Waals surface area contributed by atoms with E-state index in [1.165, 1.54) is 0 Å². The molecular weight excluding hydrogens is 271 g/mol. The van der Waals surface area contributed by atoms with Crippen molar-refractivity contribution in [3.8, 4) is 0 Å². The zero-order chi connectivity index (χ0) is 13.3. The number of aryl methyl sites for hydroxylation is 2. The van der Waals surface area contributed by atoms with Crippen molar-refractivity contribution < 1.29 is 0 Å². The van der Waals surface area contributed by atoms with Gasteiger partial charge in [0.15, 0.2) is 0 Å². The molecule has 0 saturated heterocycles. The Balaban J connectivity index is 2.48. The van der Waals surface area contributed by atoms with Gasteiger partial charge in [0.2, 0.25) is 0 Å². The monoisotopic (exact) mass is 284 g/mol. The summed E-state index contributed by atoms with van der Waals surface area (Å²) in [6.45, 7) is 1.95. The Morgan fingerprint density at radius 2 is 2.06 bits per heavy atom. The lowest BCUT2D eigenvalue weighted by Crippen LogP contribution is -2.30. The van der Waals surface area contributed by atoms with Crippen LogP contribution in [0.1, 0.15) is 22.9 Å². The molecule has 18 heavy (non-hydrogen) atoms. The first-order valence-electron chi connectivity index (χ1n) is 5.44. The third-order valence-corrected chi connectivity index (χ3v) is 3.61. The first-order valence-corrected chi connectivity index (χ1v) is 6.19. The molecule has 1 atom stereocenters. The quantitative estimate of drug-likeness (QED) is 0.673. The van der Waals surface area contributed by atoms with Crippen molar-refractivity contribution in [2.24, 2.45) is 12.9 Å². The summed E-state index contributed by atoms with van der Waals surface area (Å²) in [7, 11) is 1.83. The Kier molecular flexibility index (Phi) is 3.92. The number of halogens is 2. The maximum atomic E-state index is 6.13. The van der Waals surface area contributed by atoms with Crippen LogP contribution >= 0.6 is 23.2 Å². The molecule has 1 aromatic carbocycles. The zero-order valence-electron chi connectivity index (χ0n) is 10.1. The summed E-state index contributed by atoms with van der Waals surface area (Å²) in [6.07, 6.45) is 1.60. The van der Waals surface area contributed by atoms with Gasteiger partial charge in [-0.15, -0.1) is 0 Å². The Bertz CT molecular complexity index is 546. The lowest BCUT2D eigenvalue weighted by atomic mass is 10.0. The number of nitrogens with two attached hydrogens (primary N) is 1. The van der Waals surface area contributed by atoms with Crippen molar-refractivity contribution in [1.29, 1.82) is 0 Å². The van der Waals surface area contributed by atoms with E-state index in [9.17, 15) is 0 Å². The molecule has 2 rings (SSSR count). The molecule has 0 aliphatic carbocycles. The average molecular weight is 285 g/mol. The van der Waals surface area contributed by atoms with Crippen LogP contribution in [0.2, 0.25) is 10.0 Å². The summed E-state index contributed by atoms with van der Waals surface area (Å²) in [6, 6.07) is 5.53. The normalized spacial score (nSPS) is 12.7. The summed E-state index contributed by atoms with van der Waals surface area (Å²) in [5.41, 5.74) is 5.56. The van der Waals surface area contributed by atoms with Gasteiger partial charge >= 0.3 is 0 Å². The van der Waals surface area contributed by atoms with Gasteiger partial charge in [-0.05, 0) is 24.1 Å². The van der Waals surface area contributed by atoms with Crippen molar-refractivity contribution in [3.05, 3.63) is 51.3 Å². The van der Waals surface area contributed by atoms with Gasteiger partial charge in [-0.1, -0.05) is 35.3 Å². The third-order valence-electron chi connectivity index (χ3n) is 2.89. The van der Waals surface area contributed by atoms with Gasteiger partial charge in [-0.25, -0.2) is 5.43 Å². The molecule has 3 N–H and O–H groups in total. The van der Waals surface area contributed by atoms with Crippen LogP contribution in [0.15, 0.2) is 24.4 Å². The van der Waals surface area contributed by atoms with E-state index >= 15 is 0 Å². The molecule has 4 nitrogen and oxygen atoms in total. The number of nitrogens with zero attached hydrogens (tertiary/aromatic N) is 2. The molecule has 1 unspecified atom stereocenters. The number of benzene rings is 1. The predicted octanol–water partition coefficient (Wildman–Crippen LogP) is 2.59. The van der Waals surface area contributed by atoms with Crippen LogP contribution in [0.25, 0.3) is 0 Å². The number of rotatable bonds is 3. The summed E-state index contributed by atoms with van der Waals surface area (Å²) in [5.74, 6) is 5.64. The second kappa shape index (κ2) is 5.28. The molecule has 0 aliphatic heterocycles. The van der Waals surface area contributed by atoms with Crippen molar-refractivity contribution in [2.45, 2.75) is 13.0 Å². The standard InChI is InChI=1S/C12H14Cl2N4/c1-7-5-8(3-4-9(7)13)11(17-15)12-10(14)6-16-18(12)2/h3-6,11,17H,15H2,1-2H3. The van der Waals surface area contributed by atoms with E-state index in [2.05, 4.69) is 10.5 Å². The molecule has 2 aromatic rings. The highest BCUT2D eigenvalue weighted by Crippen LogP contribution is 2.29. The van der Waals surface area contributed by atoms with Gasteiger partial charge in [0.05, 0.1) is 23.0 Å². The van der Waals surface area contributed by atoms with Gasteiger partial charge in [-0.3, -0.25) is 10.5 Å². The van der Waals surface area contributed by atoms with Crippen LogP contribution < -0.4 is 11.3 Å². The number of hydrogen-bond acceptors (Lipinski definition) is 3. The van der Waals surface area contributed by atoms with Crippen LogP contribution in [0.4, 0.5) is 0 Å². The van der Waals surface area contributed by atoms with Crippen LogP contribution in [0.3, 0.4) is 0 Å². The molecule has 6 heteroatoms. The van der Waals surface area contributed by atoms with Gasteiger partial charge in [0.1, 0.15) is 0 Å². The Labute approximate surface area is 116 Å². The van der Waals surface area contributed by atoms with E-state index in [4.69, 9.17) is 29.0 Å². The molecule has 0 bridgehead atoms. The topological polar surface area (TPSA) is 55.9 Å². The molecule has 0 saturated carbocycles. The Hall–Kier alpha value is -1.07. The molecule has 1 heterocycles. The van der Waals surface area contributed by atoms with Gasteiger partial charge in [0, 0.05) is 12.1 Å². The Morgan fingerprint density at radius 1 is 1.33 bits per heavy atom. The zero-order valence-corrected chi connectivity index (χ0v) is 11.6. The molecule has 0 spiro atoms. The van der Waals surface area contributed by atoms with Crippen molar-refractivity contribution in [2.75, 3.05) is 0 Å². The minimum atomic E-state index is -0.221. The van der Waals surface area contributed by atoms with Crippen LogP contribution in [-0.4, -0.2) is 9.78 Å². The van der Waals surface area contributed by atoms with Crippen molar-refractivity contribution in [1.82, 2.24) is 15.2 Å². The van der Waals surface area contributed by atoms with E-state index in [1.807, 2.05) is 32.2 Å². The fourth-order valence-corrected chi connectivity index (χ4v) is 2.32. The molecule has 0 fully saturated rings. The smallest absolute Gasteiger partial charge is 0.0893 e. The molecule has 96 valence electrons. The van der Waals surface area contributed by atoms with E-state index in [1.54, 1.807) is 10.9 Å². The van der Waals surface area contributed by atoms with Crippen LogP contribution in [0.5, 0.6) is 0 Å². The van der Waals surface area contributed by atoms with Crippen molar-refractivity contribution >= 4 is 23.2 Å². The van der Waals surface area contributed by atoms with E-state index < -0.39 is 0 Å². The summed E-state index contributed by atoms with van der Waals surface area (Å²) >= 11 is 12.2. The van der Waals surface area contributed by atoms with Crippen molar-refractivity contribution in [3.63, 3.8) is 0 Å². The first-order chi connectivity index (χ1) is 8.54. The molecule has 1 aromatic heterocycles. The fourth-order valence-electron chi connectivity index (χ4n) is 1.93. The second-order valence-electron chi connectivity index (χ2n) is 4.11. The largest absolute Gasteiger partial charge is 0.271 e. The summed E-state index contributed by atoms with van der Waals surface area (Å²) in [4.78, 5) is 0. The summed E-state index contributed by atoms with van der Waals surface area (Å²) < 4.78 is 1.71. The lowest BCUT2D eigenvalue weighted by molar-refractivity contribution is 0.575. The first kappa shape index (κ1) is 13.4. The number of hydrazine groups is 1. The number of nitrogens with one attached hydrogen (secondary N) is 1. The molecule has 0 aliphatic rings. The van der Waals surface area contributed by atoms with Gasteiger partial charge < -0.3 is 0 Å². The molecular formula is C12H14Cl2N4. The number of hydrogen-bond donors (Lipinski definition) is 2. The van der Waals surface area contributed by atoms with E-state index in [0.717, 1.165) is 21.8 Å². The summed E-state index contributed by atoms with van der Waals surface area (Å²) in [5, 5.41) is 5.42. The molecule has 0 amide bonds. The van der Waals surface area contributed by atoms with Gasteiger partial charge in [0.25, 0.3) is 0 Å². The van der Waals surface area contributed by atoms with Gasteiger partial charge in [-0.2, -0.15) is 5.10 Å². The maximum absolute atomic E-state index is 6.13. The van der Waals surface area contributed by atoms with Crippen LogP contribution in [0, 0.1) is 6.92 Å². The maximum Gasteiger partial charge on any atom is 0.0893 e. The van der Waals surface area contributed by atoms with E-state index in [-0.39, 0.29) is 6.04 Å². The van der Waals surface area contributed by atoms with Crippen LogP contribution in [-0.2, 0) is 7.05 Å². The highest BCUT2D eigenvalue weighted by atomic mass is 35.5. The third kappa shape index (κ3) is 2.37. The predicted molar refractivity (Wildman–Crippen MR) is 73.6 cm³/mol. The fraction of sp³-hybridized carbons (Fsp3) is 0.250. The minimum absolute atomic E-state index is 0.221. The Morgan fingerprint density at radius 3 is 2.56 bits per heavy atom. The highest BCUT2D eigenvalue weighted by Gasteiger charge is 2.20. The number of aromatic nitrogens is 2. The SMILES string of the molecule is Cc1cc(C(NN)c2c(Cl)cnn2C)ccc1Cl. The lowest BCUT2D eigenvalue weighted by Gasteiger charge is -2.18. The highest BCUT2D eigenvalue weighted by molar-refractivity contribution is 6.31. The second-order valence-corrected chi connectivity index (χ2v) is 4.92. The minimum Gasteiger partial charge on any atom is -0.271 e.